The maximum absolute atomic E-state index is 15.9. The SMILES string of the molecule is O=P(c1ccccc1)(c1ccccc1)c1cc(-c2ccccc2)c2ccc3c(-c4ccccc4)cc(P(=O)(c4ccccc4)c4ccccc4)nc3c2n1. The highest BCUT2D eigenvalue weighted by atomic mass is 31.2. The minimum atomic E-state index is -3.51. The van der Waals surface area contributed by atoms with Crippen molar-refractivity contribution in [3.8, 4) is 22.3 Å². The van der Waals surface area contributed by atoms with E-state index in [1.54, 1.807) is 0 Å². The van der Waals surface area contributed by atoms with Gasteiger partial charge < -0.3 is 9.13 Å². The van der Waals surface area contributed by atoms with Gasteiger partial charge in [0.2, 0.25) is 0 Å². The van der Waals surface area contributed by atoms with E-state index in [1.807, 2.05) is 170 Å². The van der Waals surface area contributed by atoms with Crippen molar-refractivity contribution in [1.29, 1.82) is 0 Å². The van der Waals surface area contributed by atoms with Crippen LogP contribution in [0.3, 0.4) is 0 Å². The molecule has 0 aliphatic heterocycles. The molecule has 4 nitrogen and oxygen atoms in total. The molecule has 0 radical (unpaired) electrons. The highest BCUT2D eigenvalue weighted by Crippen LogP contribution is 2.46. The monoisotopic (exact) mass is 732 g/mol. The third kappa shape index (κ3) is 5.72. The maximum atomic E-state index is 15.9. The van der Waals surface area contributed by atoms with Gasteiger partial charge in [0, 0.05) is 32.0 Å². The lowest BCUT2D eigenvalue weighted by Gasteiger charge is -2.23. The molecule has 54 heavy (non-hydrogen) atoms. The lowest BCUT2D eigenvalue weighted by atomic mass is 9.96. The summed E-state index contributed by atoms with van der Waals surface area (Å²) in [6.45, 7) is 0. The van der Waals surface area contributed by atoms with Gasteiger partial charge in [0.1, 0.15) is 10.9 Å². The average molecular weight is 733 g/mol. The summed E-state index contributed by atoms with van der Waals surface area (Å²) in [6.07, 6.45) is 0. The molecule has 7 aromatic carbocycles. The minimum absolute atomic E-state index is 0.460. The van der Waals surface area contributed by atoms with Gasteiger partial charge in [0.05, 0.1) is 11.0 Å². The lowest BCUT2D eigenvalue weighted by molar-refractivity contribution is 0.591. The Labute approximate surface area is 314 Å². The summed E-state index contributed by atoms with van der Waals surface area (Å²) in [5.41, 5.74) is 5.85. The molecule has 2 aromatic heterocycles. The van der Waals surface area contributed by atoms with E-state index in [9.17, 15) is 0 Å². The van der Waals surface area contributed by atoms with Gasteiger partial charge in [0.25, 0.3) is 0 Å². The predicted molar refractivity (Wildman–Crippen MR) is 227 cm³/mol. The first kappa shape index (κ1) is 33.6. The van der Waals surface area contributed by atoms with Gasteiger partial charge in [0.15, 0.2) is 14.3 Å². The summed E-state index contributed by atoms with van der Waals surface area (Å²) >= 11 is 0. The molecule has 0 fully saturated rings. The summed E-state index contributed by atoms with van der Waals surface area (Å²) in [6, 6.07) is 66.9. The van der Waals surface area contributed by atoms with Crippen LogP contribution in [0.1, 0.15) is 0 Å². The molecule has 0 spiro atoms. The Kier molecular flexibility index (Phi) is 8.72. The van der Waals surface area contributed by atoms with Crippen LogP contribution < -0.4 is 32.1 Å². The maximum Gasteiger partial charge on any atom is 0.188 e. The zero-order valence-electron chi connectivity index (χ0n) is 29.2. The molecule has 0 saturated heterocycles. The van der Waals surface area contributed by atoms with Crippen LogP contribution in [0.4, 0.5) is 0 Å². The highest BCUT2D eigenvalue weighted by Gasteiger charge is 2.35. The average Bonchev–Trinajstić information content (AvgIpc) is 3.26. The first-order chi connectivity index (χ1) is 26.5. The van der Waals surface area contributed by atoms with Gasteiger partial charge in [-0.05, 0) is 34.4 Å². The van der Waals surface area contributed by atoms with Crippen molar-refractivity contribution >= 4 is 68.2 Å². The van der Waals surface area contributed by atoms with Crippen molar-refractivity contribution in [2.75, 3.05) is 0 Å². The van der Waals surface area contributed by atoms with E-state index in [1.165, 1.54) is 0 Å². The van der Waals surface area contributed by atoms with E-state index in [4.69, 9.17) is 9.97 Å². The van der Waals surface area contributed by atoms with Gasteiger partial charge in [-0.25, -0.2) is 9.97 Å². The molecular weight excluding hydrogens is 698 g/mol. The normalized spacial score (nSPS) is 11.9. The van der Waals surface area contributed by atoms with E-state index in [0.717, 1.165) is 33.0 Å². The van der Waals surface area contributed by atoms with Gasteiger partial charge in [-0.2, -0.15) is 0 Å². The third-order valence-electron chi connectivity index (χ3n) is 10.0. The number of pyridine rings is 2. The first-order valence-corrected chi connectivity index (χ1v) is 21.3. The molecule has 0 N–H and O–H groups in total. The number of benzene rings is 7. The van der Waals surface area contributed by atoms with Crippen molar-refractivity contribution in [2.45, 2.75) is 0 Å². The van der Waals surface area contributed by atoms with Gasteiger partial charge >= 0.3 is 0 Å². The number of hydrogen-bond donors (Lipinski definition) is 0. The second kappa shape index (κ2) is 14.0. The third-order valence-corrected chi connectivity index (χ3v) is 15.9. The molecule has 0 amide bonds. The summed E-state index contributed by atoms with van der Waals surface area (Å²) in [5, 5.41) is 4.50. The summed E-state index contributed by atoms with van der Waals surface area (Å²) in [5.74, 6) is 0. The lowest BCUT2D eigenvalue weighted by Crippen LogP contribution is -2.28. The fourth-order valence-electron chi connectivity index (χ4n) is 7.36. The van der Waals surface area contributed by atoms with Crippen LogP contribution in [0.25, 0.3) is 44.1 Å². The van der Waals surface area contributed by atoms with Gasteiger partial charge in [-0.1, -0.05) is 194 Å². The molecule has 0 aliphatic rings. The smallest absolute Gasteiger partial charge is 0.188 e. The molecule has 6 heteroatoms. The quantitative estimate of drug-likeness (QED) is 0.115. The Morgan fingerprint density at radius 2 is 0.574 bits per heavy atom. The molecule has 2 heterocycles. The molecule has 0 atom stereocenters. The second-order valence-electron chi connectivity index (χ2n) is 13.2. The predicted octanol–water partition coefficient (Wildman–Crippen LogP) is 9.40. The van der Waals surface area contributed by atoms with Crippen LogP contribution in [-0.2, 0) is 9.13 Å². The van der Waals surface area contributed by atoms with Crippen LogP contribution >= 0.6 is 14.3 Å². The minimum Gasteiger partial charge on any atom is -0.307 e. The van der Waals surface area contributed by atoms with Crippen molar-refractivity contribution in [1.82, 2.24) is 9.97 Å². The fraction of sp³-hybridized carbons (Fsp3) is 0. The summed E-state index contributed by atoms with van der Waals surface area (Å²) in [4.78, 5) is 10.8. The number of nitrogens with zero attached hydrogens (tertiary/aromatic N) is 2. The first-order valence-electron chi connectivity index (χ1n) is 17.9. The van der Waals surface area contributed by atoms with Crippen molar-refractivity contribution in [2.24, 2.45) is 0 Å². The Hall–Kier alpha value is -6.18. The molecule has 258 valence electrons. The van der Waals surface area contributed by atoms with Gasteiger partial charge in [-0.15, -0.1) is 0 Å². The molecule has 0 unspecified atom stereocenters. The van der Waals surface area contributed by atoms with E-state index >= 15 is 9.13 Å². The van der Waals surface area contributed by atoms with Gasteiger partial charge in [-0.3, -0.25) is 0 Å². The Morgan fingerprint density at radius 3 is 0.852 bits per heavy atom. The Bertz CT molecular complexity index is 2570. The number of fused-ring (bicyclic) bond motifs is 3. The zero-order chi connectivity index (χ0) is 36.5. The molecule has 0 aliphatic carbocycles. The summed E-state index contributed by atoms with van der Waals surface area (Å²) < 4.78 is 31.9. The summed E-state index contributed by atoms with van der Waals surface area (Å²) in [7, 11) is -7.02. The Morgan fingerprint density at radius 1 is 0.315 bits per heavy atom. The number of aromatic nitrogens is 2. The molecule has 0 saturated carbocycles. The van der Waals surface area contributed by atoms with Crippen molar-refractivity contribution in [3.63, 3.8) is 0 Å². The largest absolute Gasteiger partial charge is 0.307 e. The molecular formula is C48H34N2O2P2. The number of rotatable bonds is 8. The second-order valence-corrected chi connectivity index (χ2v) is 18.6. The van der Waals surface area contributed by atoms with E-state index in [2.05, 4.69) is 36.4 Å². The van der Waals surface area contributed by atoms with Crippen LogP contribution in [0.2, 0.25) is 0 Å². The standard InChI is InChI=1S/C48H34N2O2P2/c51-53(37-23-11-3-12-24-37,38-25-13-4-14-26-38)45-33-43(35-19-7-1-8-20-35)41-31-32-42-44(36-21-9-2-10-22-36)34-46(50-48(42)47(41)49-45)54(52,39-27-15-5-16-28-39)40-29-17-6-18-30-40/h1-34H. The molecule has 0 bridgehead atoms. The zero-order valence-corrected chi connectivity index (χ0v) is 31.0. The van der Waals surface area contributed by atoms with Crippen LogP contribution in [0.5, 0.6) is 0 Å². The Balaban J connectivity index is 1.45. The van der Waals surface area contributed by atoms with Crippen molar-refractivity contribution in [3.05, 3.63) is 206 Å². The molecule has 9 aromatic rings. The van der Waals surface area contributed by atoms with Crippen LogP contribution in [0.15, 0.2) is 206 Å². The number of hydrogen-bond acceptors (Lipinski definition) is 4. The van der Waals surface area contributed by atoms with E-state index in [-0.39, 0.29) is 0 Å². The van der Waals surface area contributed by atoms with E-state index < -0.39 is 14.3 Å². The van der Waals surface area contributed by atoms with Crippen molar-refractivity contribution < 1.29 is 9.13 Å². The topological polar surface area (TPSA) is 59.9 Å². The highest BCUT2D eigenvalue weighted by molar-refractivity contribution is 7.85. The van der Waals surface area contributed by atoms with E-state index in [0.29, 0.717) is 43.1 Å². The molecule has 9 rings (SSSR count). The van der Waals surface area contributed by atoms with Crippen LogP contribution in [0, 0.1) is 0 Å². The van der Waals surface area contributed by atoms with Crippen LogP contribution in [-0.4, -0.2) is 9.97 Å². The fourth-order valence-corrected chi connectivity index (χ4v) is 12.5.